The predicted molar refractivity (Wildman–Crippen MR) is 223 cm³/mol. The minimum Gasteiger partial charge on any atom is -0.393 e. The lowest BCUT2D eigenvalue weighted by Crippen LogP contribution is -2.70. The lowest BCUT2D eigenvalue weighted by atomic mass is 9.34. The van der Waals surface area contributed by atoms with Crippen molar-refractivity contribution in [1.29, 1.82) is 0 Å². The molecule has 0 aromatic carbocycles. The average Bonchev–Trinajstić information content (AvgIpc) is 3.60. The van der Waals surface area contributed by atoms with Crippen LogP contribution in [-0.4, -0.2) is 180 Å². The van der Waals surface area contributed by atoms with E-state index in [1.54, 1.807) is 0 Å². The summed E-state index contributed by atoms with van der Waals surface area (Å²) in [5, 5.41) is 121. The summed E-state index contributed by atoms with van der Waals surface area (Å²) >= 11 is 0. The third-order valence-corrected chi connectivity index (χ3v) is 17.9. The lowest BCUT2D eigenvalue weighted by Gasteiger charge is -2.71. The second kappa shape index (κ2) is 18.2. The second-order valence-corrected chi connectivity index (χ2v) is 22.2. The summed E-state index contributed by atoms with van der Waals surface area (Å²) in [4.78, 5) is 0. The largest absolute Gasteiger partial charge is 0.393 e. The maximum Gasteiger partial charge on any atom is 0.187 e. The third kappa shape index (κ3) is 8.53. The fourth-order valence-corrected chi connectivity index (χ4v) is 14.3. The average molecular weight is 903 g/mol. The molecule has 17 heteroatoms. The van der Waals surface area contributed by atoms with Crippen LogP contribution >= 0.6 is 0 Å². The van der Waals surface area contributed by atoms with Crippen molar-refractivity contribution in [2.24, 2.45) is 45.3 Å². The van der Waals surface area contributed by atoms with Crippen molar-refractivity contribution in [3.63, 3.8) is 0 Å². The van der Waals surface area contributed by atoms with Crippen LogP contribution in [0.15, 0.2) is 11.6 Å². The highest BCUT2D eigenvalue weighted by Gasteiger charge is 2.73. The molecule has 7 aliphatic rings. The smallest absolute Gasteiger partial charge is 0.187 e. The Kier molecular flexibility index (Phi) is 14.4. The maximum atomic E-state index is 12.5. The van der Waals surface area contributed by atoms with E-state index in [0.29, 0.717) is 38.5 Å². The van der Waals surface area contributed by atoms with E-state index in [4.69, 9.17) is 28.4 Å². The fraction of sp³-hybridized carbons (Fsp3) is 0.957. The highest BCUT2D eigenvalue weighted by Crippen LogP contribution is 2.76. The normalized spacial score (nSPS) is 53.1. The minimum absolute atomic E-state index is 0.0907. The molecule has 4 unspecified atom stereocenters. The van der Waals surface area contributed by atoms with Crippen molar-refractivity contribution in [3.8, 4) is 0 Å². The first kappa shape index (κ1) is 50.0. The van der Waals surface area contributed by atoms with E-state index in [9.17, 15) is 56.2 Å². The highest BCUT2D eigenvalue weighted by atomic mass is 16.7. The number of fused-ring (bicyclic) bond motifs is 5. The van der Waals surface area contributed by atoms with Gasteiger partial charge in [-0.3, -0.25) is 0 Å². The van der Waals surface area contributed by atoms with Gasteiger partial charge in [0.2, 0.25) is 0 Å². The van der Waals surface area contributed by atoms with Gasteiger partial charge >= 0.3 is 0 Å². The highest BCUT2D eigenvalue weighted by molar-refractivity contribution is 5.22. The van der Waals surface area contributed by atoms with Crippen LogP contribution in [0.3, 0.4) is 0 Å². The van der Waals surface area contributed by atoms with Gasteiger partial charge in [0.05, 0.1) is 43.7 Å². The van der Waals surface area contributed by atoms with E-state index in [1.807, 2.05) is 20.8 Å². The number of ether oxygens (including phenoxy) is 6. The van der Waals surface area contributed by atoms with E-state index in [-0.39, 0.29) is 47.7 Å². The second-order valence-electron chi connectivity index (χ2n) is 22.2. The quantitative estimate of drug-likeness (QED) is 0.124. The van der Waals surface area contributed by atoms with E-state index >= 15 is 0 Å². The van der Waals surface area contributed by atoms with E-state index in [1.165, 1.54) is 0 Å². The van der Waals surface area contributed by atoms with E-state index in [0.717, 1.165) is 18.4 Å². The van der Waals surface area contributed by atoms with Crippen molar-refractivity contribution < 1.29 is 84.6 Å². The zero-order valence-corrected chi connectivity index (χ0v) is 38.3. The molecule has 11 N–H and O–H groups in total. The molecule has 0 amide bonds. The number of hydrogen-bond acceptors (Lipinski definition) is 17. The molecule has 0 aromatic rings. The topological polar surface area (TPSA) is 278 Å². The molecule has 17 nitrogen and oxygen atoms in total. The number of allylic oxidation sites excluding steroid dienone is 2. The van der Waals surface area contributed by atoms with Gasteiger partial charge in [-0.25, -0.2) is 0 Å². The molecule has 364 valence electrons. The van der Waals surface area contributed by atoms with Crippen LogP contribution in [0.1, 0.15) is 107 Å². The molecule has 4 saturated carbocycles. The summed E-state index contributed by atoms with van der Waals surface area (Å²) in [6, 6.07) is 0. The number of hydrogen-bond donors (Lipinski definition) is 11. The molecular weight excluding hydrogens is 824 g/mol. The third-order valence-electron chi connectivity index (χ3n) is 17.9. The first-order valence-corrected chi connectivity index (χ1v) is 23.3. The first-order chi connectivity index (χ1) is 29.3. The maximum absolute atomic E-state index is 12.5. The van der Waals surface area contributed by atoms with Crippen molar-refractivity contribution in [2.75, 3.05) is 19.8 Å². The van der Waals surface area contributed by atoms with Crippen LogP contribution in [0.25, 0.3) is 0 Å². The summed E-state index contributed by atoms with van der Waals surface area (Å²) in [6.07, 6.45) is -14.4. The van der Waals surface area contributed by atoms with Gasteiger partial charge in [-0.2, -0.15) is 0 Å². The molecule has 63 heavy (non-hydrogen) atoms. The molecule has 3 saturated heterocycles. The van der Waals surface area contributed by atoms with Gasteiger partial charge in [0.15, 0.2) is 18.9 Å². The molecule has 0 aromatic heterocycles. The molecule has 4 aliphatic carbocycles. The van der Waals surface area contributed by atoms with Crippen LogP contribution in [-0.2, 0) is 28.4 Å². The SMILES string of the molecule is CC(C)=CCC[C@](C)(O[C@@H]1O[C@H](CO[C@@H]2OC[C@H](O[C@@H]3OC[C@@H](O)[C@H](O)[C@H]3O)[C@H](O)[C@H]2O)[C@@H](O)[C@H](O)[C@H]1O)C1CC[C@]2(C)C1[C@H](O)CC1[C@@]3(C)CC[C@H](O)C(C)(C)C3[C@@H](O)C[C@]12C. The zero-order valence-electron chi connectivity index (χ0n) is 38.3. The first-order valence-electron chi connectivity index (χ1n) is 23.3. The van der Waals surface area contributed by atoms with Crippen molar-refractivity contribution in [2.45, 2.75) is 211 Å². The monoisotopic (exact) mass is 903 g/mol. The van der Waals surface area contributed by atoms with Crippen molar-refractivity contribution in [1.82, 2.24) is 0 Å². The van der Waals surface area contributed by atoms with Crippen LogP contribution < -0.4 is 0 Å². The van der Waals surface area contributed by atoms with Crippen LogP contribution in [0.5, 0.6) is 0 Å². The zero-order chi connectivity index (χ0) is 46.4. The summed E-state index contributed by atoms with van der Waals surface area (Å²) in [6.45, 7) is 15.8. The van der Waals surface area contributed by atoms with Gasteiger partial charge in [0, 0.05) is 0 Å². The van der Waals surface area contributed by atoms with Gasteiger partial charge in [-0.15, -0.1) is 0 Å². The van der Waals surface area contributed by atoms with Gasteiger partial charge < -0.3 is 84.6 Å². The molecule has 7 fully saturated rings. The Morgan fingerprint density at radius 1 is 0.698 bits per heavy atom. The van der Waals surface area contributed by atoms with Gasteiger partial charge in [-0.05, 0) is 117 Å². The number of aliphatic hydroxyl groups excluding tert-OH is 11. The van der Waals surface area contributed by atoms with Crippen molar-refractivity contribution in [3.05, 3.63) is 11.6 Å². The molecule has 7 rings (SSSR count). The number of aliphatic hydroxyl groups is 11. The fourth-order valence-electron chi connectivity index (χ4n) is 14.3. The Bertz CT molecular complexity index is 1610. The molecule has 0 radical (unpaired) electrons. The Morgan fingerprint density at radius 3 is 2.03 bits per heavy atom. The van der Waals surface area contributed by atoms with E-state index < -0.39 is 121 Å². The van der Waals surface area contributed by atoms with Crippen LogP contribution in [0.4, 0.5) is 0 Å². The van der Waals surface area contributed by atoms with E-state index in [2.05, 4.69) is 40.7 Å². The van der Waals surface area contributed by atoms with Crippen LogP contribution in [0, 0.1) is 45.3 Å². The van der Waals surface area contributed by atoms with Crippen LogP contribution in [0.2, 0.25) is 0 Å². The molecule has 0 spiro atoms. The Balaban J connectivity index is 1.07. The van der Waals surface area contributed by atoms with Gasteiger partial charge in [-0.1, -0.05) is 46.3 Å². The molecule has 3 aliphatic heterocycles. The van der Waals surface area contributed by atoms with Gasteiger partial charge in [0.25, 0.3) is 0 Å². The predicted octanol–water partition coefficient (Wildman–Crippen LogP) is 0.222. The Labute approximate surface area is 371 Å². The minimum atomic E-state index is -1.72. The Hall–Kier alpha value is -0.940. The summed E-state index contributed by atoms with van der Waals surface area (Å²) in [5.74, 6) is -0.536. The van der Waals surface area contributed by atoms with Gasteiger partial charge in [0.1, 0.15) is 61.0 Å². The molecule has 24 atom stereocenters. The standard InChI is InChI=1S/C46H78O17/c1-21(2)10-9-13-46(8,22-11-15-44(6)30(22)23(47)16-28-43(5)14-12-29(50)42(3,4)38(43)24(48)17-45(28,44)7)63-41-37(57)34(54)32(52)26(62-41)19-59-39-36(56)33(53)27(20-60-39)61-40-35(55)31(51)25(49)18-58-40/h10,22-41,47-57H,9,11-20H2,1-8H3/t22?,23-,24+,25-,26-,27+,28?,29+,30?,31+,32-,33+,34+,35-,36-,37-,38?,39-,40+,41+,43-,44-,45-,46+/m1/s1. The Morgan fingerprint density at radius 2 is 1.35 bits per heavy atom. The lowest BCUT2D eigenvalue weighted by molar-refractivity contribution is -0.351. The summed E-state index contributed by atoms with van der Waals surface area (Å²) in [7, 11) is 0. The van der Waals surface area contributed by atoms with Crippen molar-refractivity contribution >= 4 is 0 Å². The summed E-state index contributed by atoms with van der Waals surface area (Å²) in [5.41, 5.74) is -1.50. The number of rotatable bonds is 11. The molecular formula is C46H78O17. The molecule has 3 heterocycles. The molecule has 0 bridgehead atoms. The summed E-state index contributed by atoms with van der Waals surface area (Å²) < 4.78 is 35.4.